The van der Waals surface area contributed by atoms with E-state index in [-0.39, 0.29) is 22.3 Å². The lowest BCUT2D eigenvalue weighted by atomic mass is 9.86. The van der Waals surface area contributed by atoms with Crippen LogP contribution < -0.4 is 10.6 Å². The number of rotatable bonds is 3. The first kappa shape index (κ1) is 14.9. The third kappa shape index (κ3) is 3.19. The molecule has 0 radical (unpaired) electrons. The Morgan fingerprint density at radius 2 is 1.94 bits per heavy atom. The number of halogens is 1. The number of anilines is 1. The second-order valence-corrected chi connectivity index (χ2v) is 6.12. The van der Waals surface area contributed by atoms with Gasteiger partial charge in [-0.15, -0.1) is 0 Å². The molecule has 0 fully saturated rings. The second-order valence-electron chi connectivity index (χ2n) is 5.68. The summed E-state index contributed by atoms with van der Waals surface area (Å²) in [6, 6.07) is 4.83. The van der Waals surface area contributed by atoms with Crippen molar-refractivity contribution in [1.29, 1.82) is 0 Å². The Hall–Kier alpha value is -1.16. The monoisotopic (exact) mass is 268 g/mol. The number of hydrogen-bond acceptors (Lipinski definition) is 2. The zero-order valence-corrected chi connectivity index (χ0v) is 12.4. The van der Waals surface area contributed by atoms with Gasteiger partial charge in [-0.25, -0.2) is 4.39 Å². The lowest BCUT2D eigenvalue weighted by Gasteiger charge is -2.37. The topological polar surface area (TPSA) is 29.3 Å². The zero-order chi connectivity index (χ0) is 14.1. The third-order valence-electron chi connectivity index (χ3n) is 3.44. The lowest BCUT2D eigenvalue weighted by molar-refractivity contribution is 0.329. The Labute approximate surface area is 114 Å². The standard InChI is InChI=1S/C14H21FN2S/c1-9(14(2,3)4)17(5)12-7-6-10(15)8-11(12)13(16)18/h6-9H,1-5H3,(H2,16,18). The van der Waals surface area contributed by atoms with Crippen LogP contribution in [0.4, 0.5) is 10.1 Å². The van der Waals surface area contributed by atoms with Gasteiger partial charge in [0, 0.05) is 24.3 Å². The van der Waals surface area contributed by atoms with E-state index in [1.165, 1.54) is 12.1 Å². The van der Waals surface area contributed by atoms with Crippen LogP contribution in [0.5, 0.6) is 0 Å². The lowest BCUT2D eigenvalue weighted by Crippen LogP contribution is -2.40. The van der Waals surface area contributed by atoms with Crippen LogP contribution in [0.2, 0.25) is 0 Å². The van der Waals surface area contributed by atoms with Crippen molar-refractivity contribution in [2.75, 3.05) is 11.9 Å². The van der Waals surface area contributed by atoms with Crippen LogP contribution in [0.15, 0.2) is 18.2 Å². The highest BCUT2D eigenvalue weighted by Gasteiger charge is 2.25. The predicted octanol–water partition coefficient (Wildman–Crippen LogP) is 3.33. The molecule has 1 aromatic carbocycles. The highest BCUT2D eigenvalue weighted by Crippen LogP contribution is 2.29. The Bertz CT molecular complexity index is 452. The number of nitrogens with zero attached hydrogens (tertiary/aromatic N) is 1. The van der Waals surface area contributed by atoms with Crippen molar-refractivity contribution in [3.05, 3.63) is 29.6 Å². The molecule has 1 atom stereocenters. The van der Waals surface area contributed by atoms with E-state index < -0.39 is 0 Å². The van der Waals surface area contributed by atoms with E-state index in [1.807, 2.05) is 7.05 Å². The molecule has 1 aromatic rings. The first-order valence-electron chi connectivity index (χ1n) is 5.96. The van der Waals surface area contributed by atoms with E-state index in [9.17, 15) is 4.39 Å². The number of benzene rings is 1. The largest absolute Gasteiger partial charge is 0.389 e. The quantitative estimate of drug-likeness (QED) is 0.853. The van der Waals surface area contributed by atoms with Crippen molar-refractivity contribution in [3.8, 4) is 0 Å². The van der Waals surface area contributed by atoms with Gasteiger partial charge in [0.2, 0.25) is 0 Å². The molecular formula is C14H21FN2S. The van der Waals surface area contributed by atoms with Crippen LogP contribution in [-0.4, -0.2) is 18.1 Å². The van der Waals surface area contributed by atoms with Gasteiger partial charge in [0.25, 0.3) is 0 Å². The summed E-state index contributed by atoms with van der Waals surface area (Å²) in [5.41, 5.74) is 7.23. The van der Waals surface area contributed by atoms with Crippen molar-refractivity contribution in [2.24, 2.45) is 11.1 Å². The molecule has 4 heteroatoms. The fraction of sp³-hybridized carbons (Fsp3) is 0.500. The van der Waals surface area contributed by atoms with Crippen molar-refractivity contribution in [3.63, 3.8) is 0 Å². The average Bonchev–Trinajstić information content (AvgIpc) is 2.25. The highest BCUT2D eigenvalue weighted by molar-refractivity contribution is 7.80. The highest BCUT2D eigenvalue weighted by atomic mass is 32.1. The smallest absolute Gasteiger partial charge is 0.124 e. The van der Waals surface area contributed by atoms with Gasteiger partial charge in [-0.05, 0) is 30.5 Å². The third-order valence-corrected chi connectivity index (χ3v) is 3.66. The van der Waals surface area contributed by atoms with Crippen LogP contribution in [0.1, 0.15) is 33.3 Å². The summed E-state index contributed by atoms with van der Waals surface area (Å²) in [4.78, 5) is 2.31. The molecule has 2 N–H and O–H groups in total. The van der Waals surface area contributed by atoms with E-state index in [2.05, 4.69) is 32.6 Å². The molecule has 0 aliphatic carbocycles. The van der Waals surface area contributed by atoms with Crippen LogP contribution >= 0.6 is 12.2 Å². The van der Waals surface area contributed by atoms with E-state index in [4.69, 9.17) is 18.0 Å². The molecule has 0 spiro atoms. The van der Waals surface area contributed by atoms with Crippen LogP contribution in [0, 0.1) is 11.2 Å². The molecule has 100 valence electrons. The molecule has 1 rings (SSSR count). The average molecular weight is 268 g/mol. The van der Waals surface area contributed by atoms with Crippen molar-refractivity contribution < 1.29 is 4.39 Å². The van der Waals surface area contributed by atoms with Crippen LogP contribution in [0.3, 0.4) is 0 Å². The Kier molecular flexibility index (Phi) is 4.32. The summed E-state index contributed by atoms with van der Waals surface area (Å²) < 4.78 is 13.3. The Morgan fingerprint density at radius 3 is 2.39 bits per heavy atom. The van der Waals surface area contributed by atoms with Crippen LogP contribution in [-0.2, 0) is 0 Å². The SMILES string of the molecule is CC(N(C)c1ccc(F)cc1C(N)=S)C(C)(C)C. The second kappa shape index (κ2) is 5.22. The maximum absolute atomic E-state index is 13.3. The minimum absolute atomic E-state index is 0.108. The molecule has 0 aromatic heterocycles. The molecule has 2 nitrogen and oxygen atoms in total. The maximum atomic E-state index is 13.3. The van der Waals surface area contributed by atoms with Gasteiger partial charge in [0.05, 0.1) is 0 Å². The fourth-order valence-corrected chi connectivity index (χ4v) is 1.97. The molecule has 1 unspecified atom stereocenters. The Morgan fingerprint density at radius 1 is 1.39 bits per heavy atom. The maximum Gasteiger partial charge on any atom is 0.124 e. The zero-order valence-electron chi connectivity index (χ0n) is 11.6. The molecule has 0 amide bonds. The van der Waals surface area contributed by atoms with Gasteiger partial charge in [-0.1, -0.05) is 33.0 Å². The summed E-state index contributed by atoms with van der Waals surface area (Å²) in [7, 11) is 1.98. The van der Waals surface area contributed by atoms with E-state index in [1.54, 1.807) is 6.07 Å². The van der Waals surface area contributed by atoms with Crippen molar-refractivity contribution in [1.82, 2.24) is 0 Å². The van der Waals surface area contributed by atoms with Gasteiger partial charge in [0.1, 0.15) is 10.8 Å². The van der Waals surface area contributed by atoms with Crippen molar-refractivity contribution in [2.45, 2.75) is 33.7 Å². The van der Waals surface area contributed by atoms with Gasteiger partial charge in [-0.3, -0.25) is 0 Å². The van der Waals surface area contributed by atoms with Gasteiger partial charge in [0.15, 0.2) is 0 Å². The first-order valence-corrected chi connectivity index (χ1v) is 6.37. The molecule has 0 heterocycles. The summed E-state index contributed by atoms with van der Waals surface area (Å²) in [5, 5.41) is 0. The number of thiocarbonyl (C=S) groups is 1. The molecule has 0 saturated heterocycles. The predicted molar refractivity (Wildman–Crippen MR) is 79.6 cm³/mol. The van der Waals surface area contributed by atoms with E-state index >= 15 is 0 Å². The summed E-state index contributed by atoms with van der Waals surface area (Å²) in [5.74, 6) is -0.321. The van der Waals surface area contributed by atoms with Crippen molar-refractivity contribution >= 4 is 22.9 Å². The first-order chi connectivity index (χ1) is 8.14. The molecular weight excluding hydrogens is 247 g/mol. The van der Waals surface area contributed by atoms with Gasteiger partial charge >= 0.3 is 0 Å². The number of nitrogens with two attached hydrogens (primary N) is 1. The van der Waals surface area contributed by atoms with Gasteiger partial charge in [-0.2, -0.15) is 0 Å². The molecule has 0 aliphatic rings. The Balaban J connectivity index is 3.21. The summed E-state index contributed by atoms with van der Waals surface area (Å²) >= 11 is 4.99. The van der Waals surface area contributed by atoms with Crippen LogP contribution in [0.25, 0.3) is 0 Å². The molecule has 0 saturated carbocycles. The molecule has 0 aliphatic heterocycles. The summed E-state index contributed by atoms with van der Waals surface area (Å²) in [6.45, 7) is 8.63. The minimum Gasteiger partial charge on any atom is -0.389 e. The van der Waals surface area contributed by atoms with Gasteiger partial charge < -0.3 is 10.6 Å². The molecule has 18 heavy (non-hydrogen) atoms. The summed E-state index contributed by atoms with van der Waals surface area (Å²) in [6.07, 6.45) is 0. The molecule has 0 bridgehead atoms. The fourth-order valence-electron chi connectivity index (χ4n) is 1.80. The normalized spacial score (nSPS) is 13.2. The van der Waals surface area contributed by atoms with E-state index in [0.717, 1.165) is 5.69 Å². The van der Waals surface area contributed by atoms with E-state index in [0.29, 0.717) is 5.56 Å². The minimum atomic E-state index is -0.321. The number of hydrogen-bond donors (Lipinski definition) is 1.